The number of nitro groups is 1. The van der Waals surface area contributed by atoms with Crippen LogP contribution in [-0.2, 0) is 9.53 Å². The zero-order valence-corrected chi connectivity index (χ0v) is 23.7. The van der Waals surface area contributed by atoms with Crippen LogP contribution < -0.4 is 19.6 Å². The number of ether oxygens (including phenoxy) is 2. The maximum atomic E-state index is 13.9. The average molecular weight is 600 g/mol. The summed E-state index contributed by atoms with van der Waals surface area (Å²) in [6.07, 6.45) is 2.85. The van der Waals surface area contributed by atoms with Crippen LogP contribution in [0.4, 0.5) is 5.69 Å². The zero-order valence-electron chi connectivity index (χ0n) is 21.3. The standard InChI is InChI=1S/C27H26BrN3O6S/c1-5-7-19-23(26(33)37-6-2)24(18-14-17(28)10-11-21(18)36-4)30-25(32)22(38-27(30)29-19)13-16-9-8-15(3)20(12-16)31(34)35/h8-14,24H,5-7H2,1-4H3/b22-13-/t24-/m1/s1. The lowest BCUT2D eigenvalue weighted by molar-refractivity contribution is -0.385. The van der Waals surface area contributed by atoms with Gasteiger partial charge in [-0.15, -0.1) is 0 Å². The number of aromatic nitrogens is 1. The Morgan fingerprint density at radius 2 is 2.03 bits per heavy atom. The maximum absolute atomic E-state index is 13.9. The smallest absolute Gasteiger partial charge is 0.338 e. The van der Waals surface area contributed by atoms with Crippen molar-refractivity contribution in [3.8, 4) is 5.75 Å². The topological polar surface area (TPSA) is 113 Å². The highest BCUT2D eigenvalue weighted by molar-refractivity contribution is 9.10. The lowest BCUT2D eigenvalue weighted by atomic mass is 9.93. The molecule has 1 atom stereocenters. The molecule has 4 rings (SSSR count). The molecular formula is C27H26BrN3O6S. The number of carbonyl (C=O) groups is 1. The van der Waals surface area contributed by atoms with E-state index in [-0.39, 0.29) is 23.4 Å². The minimum absolute atomic E-state index is 0.0295. The first-order valence-corrected chi connectivity index (χ1v) is 13.6. The van der Waals surface area contributed by atoms with Crippen LogP contribution in [0.5, 0.6) is 5.75 Å². The molecule has 0 N–H and O–H groups in total. The Kier molecular flexibility index (Phi) is 8.27. The van der Waals surface area contributed by atoms with E-state index in [0.717, 1.165) is 10.9 Å². The fourth-order valence-corrected chi connectivity index (χ4v) is 5.80. The fourth-order valence-electron chi connectivity index (χ4n) is 4.40. The summed E-state index contributed by atoms with van der Waals surface area (Å²) in [6, 6.07) is 9.37. The Morgan fingerprint density at radius 1 is 1.26 bits per heavy atom. The Labute approximate surface area is 231 Å². The van der Waals surface area contributed by atoms with Crippen molar-refractivity contribution in [2.24, 2.45) is 4.99 Å². The first-order chi connectivity index (χ1) is 18.2. The highest BCUT2D eigenvalue weighted by Gasteiger charge is 2.36. The Bertz CT molecular complexity index is 1640. The molecular weight excluding hydrogens is 574 g/mol. The molecule has 2 aromatic carbocycles. The summed E-state index contributed by atoms with van der Waals surface area (Å²) in [5.41, 5.74) is 2.08. The molecule has 0 bridgehead atoms. The van der Waals surface area contributed by atoms with E-state index in [4.69, 9.17) is 14.5 Å². The molecule has 0 unspecified atom stereocenters. The van der Waals surface area contributed by atoms with Crippen LogP contribution in [-0.4, -0.2) is 29.2 Å². The number of allylic oxidation sites excluding steroid dienone is 1. The molecule has 9 nitrogen and oxygen atoms in total. The summed E-state index contributed by atoms with van der Waals surface area (Å²) in [5.74, 6) is -0.0448. The minimum Gasteiger partial charge on any atom is -0.496 e. The van der Waals surface area contributed by atoms with E-state index >= 15 is 0 Å². The van der Waals surface area contributed by atoms with Gasteiger partial charge in [0, 0.05) is 21.7 Å². The zero-order chi connectivity index (χ0) is 27.6. The number of methoxy groups -OCH3 is 1. The summed E-state index contributed by atoms with van der Waals surface area (Å²) >= 11 is 4.67. The van der Waals surface area contributed by atoms with Crippen LogP contribution in [0, 0.1) is 17.0 Å². The van der Waals surface area contributed by atoms with Crippen LogP contribution in [0.1, 0.15) is 49.4 Å². The van der Waals surface area contributed by atoms with Gasteiger partial charge in [-0.05, 0) is 50.1 Å². The van der Waals surface area contributed by atoms with E-state index in [1.165, 1.54) is 29.1 Å². The van der Waals surface area contributed by atoms with Gasteiger partial charge in [0.05, 0.1) is 34.4 Å². The molecule has 1 aliphatic rings. The van der Waals surface area contributed by atoms with Gasteiger partial charge in [-0.25, -0.2) is 9.79 Å². The lowest BCUT2D eigenvalue weighted by Crippen LogP contribution is -2.40. The van der Waals surface area contributed by atoms with Crippen LogP contribution in [0.15, 0.2) is 61.9 Å². The van der Waals surface area contributed by atoms with Gasteiger partial charge in [0.1, 0.15) is 11.8 Å². The quantitative estimate of drug-likeness (QED) is 0.213. The summed E-state index contributed by atoms with van der Waals surface area (Å²) in [7, 11) is 1.53. The number of nitro benzene ring substituents is 1. The minimum atomic E-state index is -0.839. The molecule has 38 heavy (non-hydrogen) atoms. The molecule has 0 fully saturated rings. The molecule has 0 radical (unpaired) electrons. The van der Waals surface area contributed by atoms with Crippen LogP contribution in [0.3, 0.4) is 0 Å². The number of aryl methyl sites for hydroxylation is 1. The van der Waals surface area contributed by atoms with Gasteiger partial charge in [-0.3, -0.25) is 19.5 Å². The second-order valence-corrected chi connectivity index (χ2v) is 10.5. The molecule has 0 saturated heterocycles. The second-order valence-electron chi connectivity index (χ2n) is 8.60. The van der Waals surface area contributed by atoms with E-state index in [1.807, 2.05) is 19.1 Å². The second kappa shape index (κ2) is 11.4. The van der Waals surface area contributed by atoms with Crippen LogP contribution >= 0.6 is 27.3 Å². The van der Waals surface area contributed by atoms with E-state index in [1.54, 1.807) is 38.1 Å². The van der Waals surface area contributed by atoms with Crippen molar-refractivity contribution in [3.63, 3.8) is 0 Å². The normalized spacial score (nSPS) is 15.2. The number of hydrogen-bond acceptors (Lipinski definition) is 8. The summed E-state index contributed by atoms with van der Waals surface area (Å²) in [4.78, 5) is 43.4. The van der Waals surface area contributed by atoms with Crippen LogP contribution in [0.25, 0.3) is 6.08 Å². The van der Waals surface area contributed by atoms with E-state index < -0.39 is 16.9 Å². The molecule has 0 aliphatic carbocycles. The van der Waals surface area contributed by atoms with Crippen molar-refractivity contribution in [1.82, 2.24) is 4.57 Å². The van der Waals surface area contributed by atoms with Gasteiger partial charge in [0.25, 0.3) is 11.2 Å². The van der Waals surface area contributed by atoms with Crippen LogP contribution in [0.2, 0.25) is 0 Å². The third-order valence-electron chi connectivity index (χ3n) is 6.11. The summed E-state index contributed by atoms with van der Waals surface area (Å²) in [6.45, 7) is 5.54. The highest BCUT2D eigenvalue weighted by Crippen LogP contribution is 2.38. The van der Waals surface area contributed by atoms with Crippen molar-refractivity contribution in [1.29, 1.82) is 0 Å². The largest absolute Gasteiger partial charge is 0.496 e. The monoisotopic (exact) mass is 599 g/mol. The number of halogens is 1. The van der Waals surface area contributed by atoms with E-state index in [2.05, 4.69) is 15.9 Å². The number of carbonyl (C=O) groups excluding carboxylic acids is 1. The number of esters is 1. The molecule has 2 heterocycles. The first-order valence-electron chi connectivity index (χ1n) is 12.0. The van der Waals surface area contributed by atoms with Crippen molar-refractivity contribution in [3.05, 3.63) is 98.6 Å². The van der Waals surface area contributed by atoms with Gasteiger partial charge in [-0.1, -0.05) is 52.7 Å². The van der Waals surface area contributed by atoms with Gasteiger partial charge in [0.2, 0.25) is 0 Å². The molecule has 1 aromatic heterocycles. The molecule has 0 amide bonds. The molecule has 1 aliphatic heterocycles. The fraction of sp³-hybridized carbons (Fsp3) is 0.296. The van der Waals surface area contributed by atoms with E-state index in [9.17, 15) is 19.7 Å². The summed E-state index contributed by atoms with van der Waals surface area (Å²) < 4.78 is 13.6. The number of rotatable bonds is 8. The summed E-state index contributed by atoms with van der Waals surface area (Å²) in [5, 5.41) is 11.4. The molecule has 3 aromatic rings. The molecule has 11 heteroatoms. The third kappa shape index (κ3) is 5.21. The Hall–Kier alpha value is -3.57. The number of hydrogen-bond donors (Lipinski definition) is 0. The average Bonchev–Trinajstić information content (AvgIpc) is 3.18. The molecule has 0 spiro atoms. The van der Waals surface area contributed by atoms with E-state index in [0.29, 0.717) is 43.9 Å². The predicted octanol–water partition coefficient (Wildman–Crippen LogP) is 4.57. The number of thiazole rings is 1. The lowest BCUT2D eigenvalue weighted by Gasteiger charge is -2.27. The Balaban J connectivity index is 2.04. The first kappa shape index (κ1) is 27.5. The van der Waals surface area contributed by atoms with Crippen molar-refractivity contribution in [2.75, 3.05) is 13.7 Å². The highest BCUT2D eigenvalue weighted by atomic mass is 79.9. The van der Waals surface area contributed by atoms with Gasteiger partial charge < -0.3 is 9.47 Å². The Morgan fingerprint density at radius 3 is 2.68 bits per heavy atom. The van der Waals surface area contributed by atoms with Crippen molar-refractivity contribution < 1.29 is 19.2 Å². The van der Waals surface area contributed by atoms with Gasteiger partial charge in [0.15, 0.2) is 4.80 Å². The van der Waals surface area contributed by atoms with Crippen molar-refractivity contribution in [2.45, 2.75) is 39.7 Å². The molecule has 0 saturated carbocycles. The number of benzene rings is 2. The van der Waals surface area contributed by atoms with Crippen molar-refractivity contribution >= 4 is 45.0 Å². The maximum Gasteiger partial charge on any atom is 0.338 e. The van der Waals surface area contributed by atoms with Gasteiger partial charge in [-0.2, -0.15) is 0 Å². The van der Waals surface area contributed by atoms with Gasteiger partial charge >= 0.3 is 5.97 Å². The number of nitrogens with zero attached hydrogens (tertiary/aromatic N) is 3. The SMILES string of the molecule is CCCC1=C(C(=O)OCC)[C@@H](c2cc(Br)ccc2OC)n2c(s/c(=C\c3ccc(C)c([N+](=O)[O-])c3)c2=O)=N1. The number of fused-ring (bicyclic) bond motifs is 1. The molecule has 198 valence electrons. The predicted molar refractivity (Wildman–Crippen MR) is 148 cm³/mol. The third-order valence-corrected chi connectivity index (χ3v) is 7.58.